The van der Waals surface area contributed by atoms with Crippen molar-refractivity contribution in [1.29, 1.82) is 0 Å². The number of nitrogens with one attached hydrogen (secondary N) is 3. The fraction of sp³-hybridized carbons (Fsp3) is 0.0526. The molecule has 164 valence electrons. The molecule has 3 N–H and O–H groups in total. The maximum atomic E-state index is 12.8. The van der Waals surface area contributed by atoms with Gasteiger partial charge in [-0.2, -0.15) is 0 Å². The molecule has 13 heteroatoms. The molecular formula is C19H15ClN6O4S2. The number of thiophene rings is 1. The number of benzene rings is 1. The minimum Gasteiger partial charge on any atom is -0.388 e. The van der Waals surface area contributed by atoms with Crippen molar-refractivity contribution in [1.82, 2.24) is 19.5 Å². The highest BCUT2D eigenvalue weighted by atomic mass is 35.5. The molecule has 0 spiro atoms. The molecule has 3 aromatic heterocycles. The number of nitrogens with zero attached hydrogens (tertiary/aromatic N) is 3. The van der Waals surface area contributed by atoms with Gasteiger partial charge in [0.25, 0.3) is 15.6 Å². The Morgan fingerprint density at radius 2 is 1.91 bits per heavy atom. The molecule has 0 saturated heterocycles. The van der Waals surface area contributed by atoms with Crippen LogP contribution in [0.5, 0.6) is 0 Å². The van der Waals surface area contributed by atoms with Gasteiger partial charge in [0.1, 0.15) is 4.21 Å². The van der Waals surface area contributed by atoms with Crippen molar-refractivity contribution in [2.45, 2.75) is 4.21 Å². The third-order valence-corrected chi connectivity index (χ3v) is 7.43. The van der Waals surface area contributed by atoms with Gasteiger partial charge in [0.2, 0.25) is 0 Å². The van der Waals surface area contributed by atoms with Crippen molar-refractivity contribution in [3.63, 3.8) is 0 Å². The number of anilines is 2. The van der Waals surface area contributed by atoms with Gasteiger partial charge in [0.05, 0.1) is 4.34 Å². The SMILES string of the molecule is CNc1ccc2c(=O)n(-c3ccc(NC(=O)NS(=O)(=O)c4ccc(Cl)s4)nn3)ccc2c1. The quantitative estimate of drug-likeness (QED) is 0.391. The molecule has 0 aliphatic rings. The number of hydrogen-bond acceptors (Lipinski definition) is 8. The molecule has 4 aromatic rings. The summed E-state index contributed by atoms with van der Waals surface area (Å²) in [6, 6.07) is 11.7. The van der Waals surface area contributed by atoms with Gasteiger partial charge in [0.15, 0.2) is 11.6 Å². The van der Waals surface area contributed by atoms with Crippen LogP contribution in [-0.2, 0) is 10.0 Å². The van der Waals surface area contributed by atoms with Crippen LogP contribution in [-0.4, -0.2) is 36.3 Å². The summed E-state index contributed by atoms with van der Waals surface area (Å²) < 4.78 is 27.7. The number of carbonyl (C=O) groups is 1. The van der Waals surface area contributed by atoms with Gasteiger partial charge < -0.3 is 5.32 Å². The Bertz CT molecular complexity index is 1480. The molecule has 0 aliphatic carbocycles. The van der Waals surface area contributed by atoms with Crippen molar-refractivity contribution in [3.8, 4) is 5.82 Å². The smallest absolute Gasteiger partial charge is 0.334 e. The van der Waals surface area contributed by atoms with Crippen molar-refractivity contribution in [3.05, 3.63) is 69.4 Å². The summed E-state index contributed by atoms with van der Waals surface area (Å²) in [4.78, 5) is 24.9. The zero-order valence-electron chi connectivity index (χ0n) is 16.4. The van der Waals surface area contributed by atoms with Crippen LogP contribution in [0.4, 0.5) is 16.3 Å². The topological polar surface area (TPSA) is 135 Å². The number of fused-ring (bicyclic) bond motifs is 1. The van der Waals surface area contributed by atoms with Crippen LogP contribution in [0.3, 0.4) is 0 Å². The van der Waals surface area contributed by atoms with Gasteiger partial charge in [-0.1, -0.05) is 11.6 Å². The van der Waals surface area contributed by atoms with E-state index in [0.717, 1.165) is 22.4 Å². The minimum atomic E-state index is -4.07. The van der Waals surface area contributed by atoms with Gasteiger partial charge in [0, 0.05) is 24.3 Å². The molecule has 0 radical (unpaired) electrons. The number of rotatable bonds is 5. The number of hydrogen-bond donors (Lipinski definition) is 3. The monoisotopic (exact) mass is 490 g/mol. The first-order valence-electron chi connectivity index (χ1n) is 9.03. The Morgan fingerprint density at radius 3 is 2.56 bits per heavy atom. The van der Waals surface area contributed by atoms with E-state index in [1.54, 1.807) is 31.4 Å². The van der Waals surface area contributed by atoms with E-state index >= 15 is 0 Å². The van der Waals surface area contributed by atoms with Crippen LogP contribution >= 0.6 is 22.9 Å². The Balaban J connectivity index is 1.51. The molecule has 0 bridgehead atoms. The summed E-state index contributed by atoms with van der Waals surface area (Å²) in [5.41, 5.74) is 0.603. The summed E-state index contributed by atoms with van der Waals surface area (Å²) in [6.07, 6.45) is 1.58. The van der Waals surface area contributed by atoms with E-state index < -0.39 is 16.1 Å². The van der Waals surface area contributed by atoms with Crippen LogP contribution in [0.15, 0.2) is 63.7 Å². The summed E-state index contributed by atoms with van der Waals surface area (Å²) in [6.45, 7) is 0. The van der Waals surface area contributed by atoms with E-state index in [9.17, 15) is 18.0 Å². The lowest BCUT2D eigenvalue weighted by Gasteiger charge is -2.09. The first-order valence-corrected chi connectivity index (χ1v) is 11.7. The van der Waals surface area contributed by atoms with Crippen molar-refractivity contribution in [2.75, 3.05) is 17.7 Å². The average molecular weight is 491 g/mol. The Kier molecular flexibility index (Phi) is 5.82. The van der Waals surface area contributed by atoms with Crippen LogP contribution < -0.4 is 20.9 Å². The molecule has 0 saturated carbocycles. The molecular weight excluding hydrogens is 476 g/mol. The number of amides is 2. The molecule has 0 aliphatic heterocycles. The standard InChI is InChI=1S/C19H15ClN6O4S2/c1-21-12-2-3-13-11(10-12)8-9-26(18(13)27)16-6-5-15(23-24-16)22-19(28)25-32(29,30)17-7-4-14(20)31-17/h2-10,21H,1H3,(H2,22,23,25,28). The van der Waals surface area contributed by atoms with Crippen LogP contribution in [0, 0.1) is 0 Å². The first-order chi connectivity index (χ1) is 15.3. The maximum absolute atomic E-state index is 12.8. The Hall–Kier alpha value is -3.48. The van der Waals surface area contributed by atoms with E-state index in [1.165, 1.54) is 28.8 Å². The molecule has 3 heterocycles. The van der Waals surface area contributed by atoms with Crippen molar-refractivity contribution in [2.24, 2.45) is 0 Å². The van der Waals surface area contributed by atoms with E-state index in [4.69, 9.17) is 11.6 Å². The number of pyridine rings is 1. The third kappa shape index (κ3) is 4.42. The Labute approximate surface area is 190 Å². The zero-order valence-corrected chi connectivity index (χ0v) is 18.8. The zero-order chi connectivity index (χ0) is 22.9. The van der Waals surface area contributed by atoms with Gasteiger partial charge in [-0.25, -0.2) is 17.9 Å². The van der Waals surface area contributed by atoms with E-state index in [2.05, 4.69) is 20.8 Å². The van der Waals surface area contributed by atoms with Crippen molar-refractivity contribution < 1.29 is 13.2 Å². The average Bonchev–Trinajstić information content (AvgIpc) is 3.21. The van der Waals surface area contributed by atoms with Crippen LogP contribution in [0.2, 0.25) is 4.34 Å². The largest absolute Gasteiger partial charge is 0.388 e. The lowest BCUT2D eigenvalue weighted by molar-refractivity contribution is 0.256. The fourth-order valence-corrected chi connectivity index (χ4v) is 5.25. The fourth-order valence-electron chi connectivity index (χ4n) is 2.86. The molecule has 0 fully saturated rings. The van der Waals surface area contributed by atoms with Gasteiger partial charge in [-0.05, 0) is 53.9 Å². The second kappa shape index (κ2) is 8.57. The van der Waals surface area contributed by atoms with E-state index in [1.807, 2.05) is 10.8 Å². The highest BCUT2D eigenvalue weighted by Gasteiger charge is 2.20. The molecule has 32 heavy (non-hydrogen) atoms. The van der Waals surface area contributed by atoms with E-state index in [-0.39, 0.29) is 25.7 Å². The second-order valence-electron chi connectivity index (χ2n) is 6.44. The predicted octanol–water partition coefficient (Wildman–Crippen LogP) is 3.05. The number of sulfonamides is 1. The second-order valence-corrected chi connectivity index (χ2v) is 10.1. The number of carbonyl (C=O) groups excluding carboxylic acids is 1. The molecule has 0 unspecified atom stereocenters. The van der Waals surface area contributed by atoms with Gasteiger partial charge in [-0.15, -0.1) is 21.5 Å². The first kappa shape index (κ1) is 21.7. The molecule has 10 nitrogen and oxygen atoms in total. The highest BCUT2D eigenvalue weighted by Crippen LogP contribution is 2.25. The summed E-state index contributed by atoms with van der Waals surface area (Å²) >= 11 is 6.55. The van der Waals surface area contributed by atoms with Gasteiger partial charge >= 0.3 is 6.03 Å². The lowest BCUT2D eigenvalue weighted by atomic mass is 10.1. The summed E-state index contributed by atoms with van der Waals surface area (Å²) in [7, 11) is -2.27. The summed E-state index contributed by atoms with van der Waals surface area (Å²) in [5.74, 6) is 0.236. The normalized spacial score (nSPS) is 11.3. The highest BCUT2D eigenvalue weighted by molar-refractivity contribution is 7.92. The number of urea groups is 1. The third-order valence-electron chi connectivity index (χ3n) is 4.37. The Morgan fingerprint density at radius 1 is 1.09 bits per heavy atom. The van der Waals surface area contributed by atoms with Gasteiger partial charge in [-0.3, -0.25) is 14.7 Å². The van der Waals surface area contributed by atoms with Crippen molar-refractivity contribution >= 4 is 61.3 Å². The maximum Gasteiger partial charge on any atom is 0.334 e. The molecule has 0 atom stereocenters. The van der Waals surface area contributed by atoms with Crippen LogP contribution in [0.1, 0.15) is 0 Å². The van der Waals surface area contributed by atoms with Crippen LogP contribution in [0.25, 0.3) is 16.6 Å². The predicted molar refractivity (Wildman–Crippen MR) is 123 cm³/mol. The number of aromatic nitrogens is 3. The molecule has 4 rings (SSSR count). The summed E-state index contributed by atoms with van der Waals surface area (Å²) in [5, 5.41) is 14.4. The lowest BCUT2D eigenvalue weighted by Crippen LogP contribution is -2.34. The number of halogens is 1. The molecule has 1 aromatic carbocycles. The minimum absolute atomic E-state index is 0.00170. The van der Waals surface area contributed by atoms with E-state index in [0.29, 0.717) is 5.39 Å². The molecule has 2 amide bonds.